The second-order valence-corrected chi connectivity index (χ2v) is 4.92. The fraction of sp³-hybridized carbons (Fsp3) is 0.455. The van der Waals surface area contributed by atoms with Gasteiger partial charge in [-0.1, -0.05) is 0 Å². The Morgan fingerprint density at radius 2 is 2.29 bits per heavy atom. The molecular formula is C11H14N2O3S. The number of nitrogens with two attached hydrogens (primary N) is 1. The molecule has 0 saturated heterocycles. The average molecular weight is 254 g/mol. The highest BCUT2D eigenvalue weighted by atomic mass is 32.1. The molecule has 1 aromatic rings. The number of esters is 1. The van der Waals surface area contributed by atoms with Crippen molar-refractivity contribution in [3.05, 3.63) is 21.9 Å². The number of carbonyl (C=O) groups excluding carboxylic acids is 2. The first kappa shape index (κ1) is 11.9. The van der Waals surface area contributed by atoms with Crippen molar-refractivity contribution in [3.8, 4) is 0 Å². The van der Waals surface area contributed by atoms with Crippen LogP contribution in [0.3, 0.4) is 0 Å². The lowest BCUT2D eigenvalue weighted by atomic mass is 9.92. The van der Waals surface area contributed by atoms with Gasteiger partial charge in [0.15, 0.2) is 0 Å². The van der Waals surface area contributed by atoms with Crippen molar-refractivity contribution >= 4 is 23.3 Å². The van der Waals surface area contributed by atoms with Gasteiger partial charge in [-0.2, -0.15) is 0 Å². The monoisotopic (exact) mass is 254 g/mol. The maximum Gasteiger partial charge on any atom is 0.312 e. The van der Waals surface area contributed by atoms with Crippen LogP contribution in [0.25, 0.3) is 0 Å². The molecule has 2 unspecified atom stereocenters. The van der Waals surface area contributed by atoms with E-state index in [0.717, 1.165) is 16.9 Å². The predicted molar refractivity (Wildman–Crippen MR) is 63.5 cm³/mol. The molecule has 1 aliphatic carbocycles. The van der Waals surface area contributed by atoms with E-state index in [0.29, 0.717) is 6.42 Å². The number of carbonyl (C=O) groups is 2. The van der Waals surface area contributed by atoms with Crippen molar-refractivity contribution in [2.45, 2.75) is 31.9 Å². The van der Waals surface area contributed by atoms with Crippen LogP contribution < -0.4 is 11.1 Å². The molecule has 1 aliphatic rings. The number of fused-ring (bicyclic) bond motifs is 1. The molecule has 0 aliphatic heterocycles. The first-order chi connectivity index (χ1) is 8.08. The van der Waals surface area contributed by atoms with E-state index in [1.165, 1.54) is 18.3 Å². The summed E-state index contributed by atoms with van der Waals surface area (Å²) in [7, 11) is 0. The molecule has 0 aromatic carbocycles. The number of hydrogen-bond donors (Lipinski definition) is 2. The number of nitrogens with one attached hydrogen (secondary N) is 1. The molecule has 2 rings (SSSR count). The normalized spacial score (nSPS) is 22.6. The van der Waals surface area contributed by atoms with Crippen LogP contribution in [0.5, 0.6) is 0 Å². The van der Waals surface area contributed by atoms with E-state index < -0.39 is 6.03 Å². The summed E-state index contributed by atoms with van der Waals surface area (Å²) in [5.74, 6) is -0.282. The van der Waals surface area contributed by atoms with Crippen LogP contribution in [0.15, 0.2) is 11.4 Å². The topological polar surface area (TPSA) is 81.4 Å². The van der Waals surface area contributed by atoms with Gasteiger partial charge < -0.3 is 15.8 Å². The van der Waals surface area contributed by atoms with Gasteiger partial charge in [0.05, 0.1) is 10.9 Å². The van der Waals surface area contributed by atoms with Gasteiger partial charge in [0, 0.05) is 6.92 Å². The van der Waals surface area contributed by atoms with E-state index >= 15 is 0 Å². The first-order valence-electron chi connectivity index (χ1n) is 5.38. The summed E-state index contributed by atoms with van der Waals surface area (Å²) in [5.41, 5.74) is 6.14. The minimum Gasteiger partial charge on any atom is -0.457 e. The Balaban J connectivity index is 2.20. The number of thiophene rings is 1. The summed E-state index contributed by atoms with van der Waals surface area (Å²) >= 11 is 1.54. The molecule has 3 N–H and O–H groups in total. The van der Waals surface area contributed by atoms with Crippen LogP contribution in [0.4, 0.5) is 4.79 Å². The minimum absolute atomic E-state index is 0.0689. The number of ether oxygens (including phenoxy) is 1. The predicted octanol–water partition coefficient (Wildman–Crippen LogP) is 1.86. The smallest absolute Gasteiger partial charge is 0.312 e. The van der Waals surface area contributed by atoms with Crippen molar-refractivity contribution in [2.75, 3.05) is 0 Å². The lowest BCUT2D eigenvalue weighted by Gasteiger charge is -2.28. The third-order valence-electron chi connectivity index (χ3n) is 2.74. The molecule has 5 nitrogen and oxygen atoms in total. The maximum atomic E-state index is 11.0. The second kappa shape index (κ2) is 4.75. The number of primary amides is 1. The molecule has 2 atom stereocenters. The zero-order chi connectivity index (χ0) is 12.4. The van der Waals surface area contributed by atoms with E-state index in [1.54, 1.807) is 0 Å². The van der Waals surface area contributed by atoms with Crippen molar-refractivity contribution in [1.29, 1.82) is 0 Å². The molecule has 17 heavy (non-hydrogen) atoms. The average Bonchev–Trinajstić information content (AvgIpc) is 2.69. The summed E-state index contributed by atoms with van der Waals surface area (Å²) in [4.78, 5) is 22.9. The summed E-state index contributed by atoms with van der Waals surface area (Å²) < 4.78 is 5.26. The van der Waals surface area contributed by atoms with Gasteiger partial charge in [-0.05, 0) is 29.9 Å². The zero-order valence-corrected chi connectivity index (χ0v) is 10.3. The van der Waals surface area contributed by atoms with E-state index in [-0.39, 0.29) is 18.1 Å². The Morgan fingerprint density at radius 3 is 2.94 bits per heavy atom. The van der Waals surface area contributed by atoms with Gasteiger partial charge in [0.1, 0.15) is 6.10 Å². The minimum atomic E-state index is -0.530. The number of urea groups is 1. The highest BCUT2D eigenvalue weighted by Crippen LogP contribution is 2.41. The van der Waals surface area contributed by atoms with Gasteiger partial charge in [-0.25, -0.2) is 4.79 Å². The van der Waals surface area contributed by atoms with Gasteiger partial charge in [-0.3, -0.25) is 4.79 Å². The lowest BCUT2D eigenvalue weighted by Crippen LogP contribution is -2.35. The Bertz CT molecular complexity index is 405. The van der Waals surface area contributed by atoms with E-state index in [1.807, 2.05) is 11.4 Å². The van der Waals surface area contributed by atoms with Gasteiger partial charge in [-0.15, -0.1) is 11.3 Å². The largest absolute Gasteiger partial charge is 0.457 e. The van der Waals surface area contributed by atoms with Crippen LogP contribution in [-0.2, 0) is 9.53 Å². The fourth-order valence-electron chi connectivity index (χ4n) is 2.12. The molecule has 0 bridgehead atoms. The molecule has 1 aromatic heterocycles. The van der Waals surface area contributed by atoms with E-state index in [4.69, 9.17) is 10.5 Å². The Kier molecular flexibility index (Phi) is 3.33. The van der Waals surface area contributed by atoms with Crippen LogP contribution in [0, 0.1) is 0 Å². The van der Waals surface area contributed by atoms with Gasteiger partial charge in [0.25, 0.3) is 0 Å². The zero-order valence-electron chi connectivity index (χ0n) is 9.43. The Hall–Kier alpha value is -1.56. The first-order valence-corrected chi connectivity index (χ1v) is 6.26. The highest BCUT2D eigenvalue weighted by Gasteiger charge is 2.30. The lowest BCUT2D eigenvalue weighted by molar-refractivity contribution is -0.147. The third kappa shape index (κ3) is 2.58. The molecule has 1 heterocycles. The molecule has 0 radical (unpaired) electrons. The Morgan fingerprint density at radius 1 is 1.53 bits per heavy atom. The molecule has 6 heteroatoms. The standard InChI is InChI=1S/C11H14N2O3S/c1-6(14)16-9-3-2-8(13-11(12)15)7-4-5-17-10(7)9/h4-5,8-9H,2-3H2,1H3,(H3,12,13,15). The molecular weight excluding hydrogens is 240 g/mol. The van der Waals surface area contributed by atoms with Crippen LogP contribution in [0.2, 0.25) is 0 Å². The maximum absolute atomic E-state index is 11.0. The third-order valence-corrected chi connectivity index (χ3v) is 3.76. The molecule has 0 saturated carbocycles. The van der Waals surface area contributed by atoms with E-state index in [9.17, 15) is 9.59 Å². The van der Waals surface area contributed by atoms with Crippen molar-refractivity contribution < 1.29 is 14.3 Å². The Labute approximate surface area is 103 Å². The van der Waals surface area contributed by atoms with Crippen molar-refractivity contribution in [1.82, 2.24) is 5.32 Å². The number of hydrogen-bond acceptors (Lipinski definition) is 4. The second-order valence-electron chi connectivity index (χ2n) is 3.98. The number of rotatable bonds is 2. The van der Waals surface area contributed by atoms with Gasteiger partial charge in [0.2, 0.25) is 0 Å². The van der Waals surface area contributed by atoms with E-state index in [2.05, 4.69) is 5.32 Å². The van der Waals surface area contributed by atoms with Crippen molar-refractivity contribution in [2.24, 2.45) is 5.73 Å². The van der Waals surface area contributed by atoms with Gasteiger partial charge >= 0.3 is 12.0 Å². The summed E-state index contributed by atoms with van der Waals surface area (Å²) in [6, 6.07) is 1.34. The van der Waals surface area contributed by atoms with Crippen LogP contribution in [0.1, 0.15) is 42.4 Å². The SMILES string of the molecule is CC(=O)OC1CCC(NC(N)=O)c2ccsc21. The summed E-state index contributed by atoms with van der Waals surface area (Å²) in [6.45, 7) is 1.40. The molecule has 0 spiro atoms. The van der Waals surface area contributed by atoms with Crippen LogP contribution >= 0.6 is 11.3 Å². The molecule has 92 valence electrons. The highest BCUT2D eigenvalue weighted by molar-refractivity contribution is 7.10. The number of amides is 2. The summed E-state index contributed by atoms with van der Waals surface area (Å²) in [5, 5.41) is 4.64. The quantitative estimate of drug-likeness (QED) is 0.790. The molecule has 0 fully saturated rings. The van der Waals surface area contributed by atoms with Crippen molar-refractivity contribution in [3.63, 3.8) is 0 Å². The van der Waals surface area contributed by atoms with Crippen LogP contribution in [-0.4, -0.2) is 12.0 Å². The molecule has 2 amide bonds. The summed E-state index contributed by atoms with van der Waals surface area (Å²) in [6.07, 6.45) is 1.25. The fourth-order valence-corrected chi connectivity index (χ4v) is 3.14.